The Morgan fingerprint density at radius 1 is 1.14 bits per heavy atom. The van der Waals surface area contributed by atoms with Crippen LogP contribution in [0.1, 0.15) is 16.2 Å². The molecule has 2 aromatic heterocycles. The van der Waals surface area contributed by atoms with Crippen molar-refractivity contribution in [3.05, 3.63) is 54.0 Å². The van der Waals surface area contributed by atoms with Gasteiger partial charge in [-0.1, -0.05) is 0 Å². The van der Waals surface area contributed by atoms with Crippen LogP contribution in [0.25, 0.3) is 5.65 Å². The van der Waals surface area contributed by atoms with E-state index >= 15 is 0 Å². The largest absolute Gasteiger partial charge is 0.497 e. The number of aromatic nitrogens is 3. The molecule has 0 atom stereocenters. The number of fused-ring (bicyclic) bond motifs is 1. The van der Waals surface area contributed by atoms with Crippen LogP contribution in [-0.2, 0) is 6.61 Å². The first kappa shape index (κ1) is 13.9. The highest BCUT2D eigenvalue weighted by Gasteiger charge is 2.10. The van der Waals surface area contributed by atoms with Crippen LogP contribution in [-0.4, -0.2) is 32.8 Å². The lowest BCUT2D eigenvalue weighted by molar-refractivity contribution is 0.0696. The minimum atomic E-state index is -1.00. The molecule has 7 heteroatoms. The standard InChI is InChI=1S/C15H13N3O4/c1-21-11-3-5-12(6-4-11)22-9-14-17-16-13-7-2-10(15(19)20)8-18(13)14/h2-8H,9H2,1H3,(H,19,20). The van der Waals surface area contributed by atoms with Crippen LogP contribution in [0, 0.1) is 0 Å². The number of hydrogen-bond acceptors (Lipinski definition) is 5. The molecule has 112 valence electrons. The molecule has 0 aliphatic heterocycles. The molecule has 3 aromatic rings. The maximum atomic E-state index is 11.0. The van der Waals surface area contributed by atoms with Gasteiger partial charge in [0.25, 0.3) is 0 Å². The van der Waals surface area contributed by atoms with Crippen molar-refractivity contribution in [1.29, 1.82) is 0 Å². The molecule has 0 saturated carbocycles. The third-order valence-electron chi connectivity index (χ3n) is 3.15. The summed E-state index contributed by atoms with van der Waals surface area (Å²) in [6.45, 7) is 0.177. The predicted octanol–water partition coefficient (Wildman–Crippen LogP) is 2.02. The van der Waals surface area contributed by atoms with E-state index in [9.17, 15) is 4.79 Å². The first-order chi connectivity index (χ1) is 10.7. The lowest BCUT2D eigenvalue weighted by atomic mass is 10.3. The molecule has 7 nitrogen and oxygen atoms in total. The molecular formula is C15H13N3O4. The minimum absolute atomic E-state index is 0.165. The topological polar surface area (TPSA) is 86.0 Å². The molecule has 0 fully saturated rings. The number of pyridine rings is 1. The quantitative estimate of drug-likeness (QED) is 0.775. The number of benzene rings is 1. The van der Waals surface area contributed by atoms with Gasteiger partial charge in [0.15, 0.2) is 11.5 Å². The van der Waals surface area contributed by atoms with Gasteiger partial charge in [0.05, 0.1) is 12.7 Å². The zero-order chi connectivity index (χ0) is 15.5. The van der Waals surface area contributed by atoms with E-state index < -0.39 is 5.97 Å². The van der Waals surface area contributed by atoms with Gasteiger partial charge in [-0.15, -0.1) is 10.2 Å². The second-order valence-electron chi connectivity index (χ2n) is 4.53. The van der Waals surface area contributed by atoms with Crippen molar-refractivity contribution in [2.45, 2.75) is 6.61 Å². The van der Waals surface area contributed by atoms with E-state index in [0.29, 0.717) is 17.2 Å². The number of hydrogen-bond donors (Lipinski definition) is 1. The van der Waals surface area contributed by atoms with Crippen molar-refractivity contribution in [3.8, 4) is 11.5 Å². The molecule has 1 N–H and O–H groups in total. The van der Waals surface area contributed by atoms with Gasteiger partial charge in [-0.3, -0.25) is 4.40 Å². The number of carbonyl (C=O) groups is 1. The first-order valence-corrected chi connectivity index (χ1v) is 6.51. The van der Waals surface area contributed by atoms with E-state index in [4.69, 9.17) is 14.6 Å². The SMILES string of the molecule is COc1ccc(OCc2nnc3ccc(C(=O)O)cn23)cc1. The van der Waals surface area contributed by atoms with Crippen LogP contribution in [0.2, 0.25) is 0 Å². The smallest absolute Gasteiger partial charge is 0.337 e. The van der Waals surface area contributed by atoms with Gasteiger partial charge < -0.3 is 14.6 Å². The molecule has 3 rings (SSSR count). The minimum Gasteiger partial charge on any atom is -0.497 e. The molecule has 0 saturated heterocycles. The zero-order valence-corrected chi connectivity index (χ0v) is 11.8. The average molecular weight is 299 g/mol. The van der Waals surface area contributed by atoms with E-state index in [1.54, 1.807) is 41.8 Å². The number of carboxylic acids is 1. The highest BCUT2D eigenvalue weighted by molar-refractivity contribution is 5.87. The fraction of sp³-hybridized carbons (Fsp3) is 0.133. The average Bonchev–Trinajstić information content (AvgIpc) is 2.95. The summed E-state index contributed by atoms with van der Waals surface area (Å²) in [4.78, 5) is 11.0. The Kier molecular flexibility index (Phi) is 3.61. The number of rotatable bonds is 5. The Bertz CT molecular complexity index is 811. The highest BCUT2D eigenvalue weighted by atomic mass is 16.5. The number of carboxylic acid groups (broad SMARTS) is 1. The van der Waals surface area contributed by atoms with Crippen molar-refractivity contribution < 1.29 is 19.4 Å². The van der Waals surface area contributed by atoms with E-state index in [1.807, 2.05) is 0 Å². The molecular weight excluding hydrogens is 286 g/mol. The summed E-state index contributed by atoms with van der Waals surface area (Å²) in [5.41, 5.74) is 0.733. The summed E-state index contributed by atoms with van der Waals surface area (Å²) in [6, 6.07) is 10.2. The monoisotopic (exact) mass is 299 g/mol. The van der Waals surface area contributed by atoms with Crippen LogP contribution in [0.4, 0.5) is 0 Å². The maximum absolute atomic E-state index is 11.0. The van der Waals surface area contributed by atoms with Gasteiger partial charge in [0.2, 0.25) is 0 Å². The van der Waals surface area contributed by atoms with Crippen molar-refractivity contribution in [3.63, 3.8) is 0 Å². The summed E-state index contributed by atoms with van der Waals surface area (Å²) < 4.78 is 12.3. The number of ether oxygens (including phenoxy) is 2. The summed E-state index contributed by atoms with van der Waals surface area (Å²) in [6.07, 6.45) is 1.48. The molecule has 22 heavy (non-hydrogen) atoms. The third-order valence-corrected chi connectivity index (χ3v) is 3.15. The van der Waals surface area contributed by atoms with Gasteiger partial charge in [-0.25, -0.2) is 4.79 Å². The van der Waals surface area contributed by atoms with Gasteiger partial charge in [0, 0.05) is 6.20 Å². The van der Waals surface area contributed by atoms with E-state index in [1.165, 1.54) is 12.3 Å². The fourth-order valence-corrected chi connectivity index (χ4v) is 1.98. The van der Waals surface area contributed by atoms with Gasteiger partial charge in [-0.2, -0.15) is 0 Å². The lowest BCUT2D eigenvalue weighted by Gasteiger charge is -2.06. The Hall–Kier alpha value is -3.09. The van der Waals surface area contributed by atoms with Crippen LogP contribution in [0.15, 0.2) is 42.6 Å². The number of aromatic carboxylic acids is 1. The fourth-order valence-electron chi connectivity index (χ4n) is 1.98. The number of methoxy groups -OCH3 is 1. The molecule has 0 aliphatic rings. The lowest BCUT2D eigenvalue weighted by Crippen LogP contribution is -2.04. The molecule has 2 heterocycles. The second kappa shape index (κ2) is 5.72. The third kappa shape index (κ3) is 2.69. The number of nitrogens with zero attached hydrogens (tertiary/aromatic N) is 3. The van der Waals surface area contributed by atoms with Crippen molar-refractivity contribution in [2.75, 3.05) is 7.11 Å². The summed E-state index contributed by atoms with van der Waals surface area (Å²) in [5, 5.41) is 17.0. The Morgan fingerprint density at radius 2 is 1.86 bits per heavy atom. The van der Waals surface area contributed by atoms with Crippen LogP contribution in [0.3, 0.4) is 0 Å². The van der Waals surface area contributed by atoms with Gasteiger partial charge >= 0.3 is 5.97 Å². The maximum Gasteiger partial charge on any atom is 0.337 e. The summed E-state index contributed by atoms with van der Waals surface area (Å²) >= 11 is 0. The summed E-state index contributed by atoms with van der Waals surface area (Å²) in [5.74, 6) is 0.921. The molecule has 0 amide bonds. The Balaban J connectivity index is 1.80. The van der Waals surface area contributed by atoms with E-state index in [-0.39, 0.29) is 12.2 Å². The van der Waals surface area contributed by atoms with Gasteiger partial charge in [-0.05, 0) is 36.4 Å². The second-order valence-corrected chi connectivity index (χ2v) is 4.53. The van der Waals surface area contributed by atoms with E-state index in [0.717, 1.165) is 5.75 Å². The van der Waals surface area contributed by atoms with Crippen molar-refractivity contribution in [1.82, 2.24) is 14.6 Å². The molecule has 0 unspecified atom stereocenters. The highest BCUT2D eigenvalue weighted by Crippen LogP contribution is 2.18. The van der Waals surface area contributed by atoms with Crippen LogP contribution >= 0.6 is 0 Å². The normalized spacial score (nSPS) is 10.6. The van der Waals surface area contributed by atoms with E-state index in [2.05, 4.69) is 10.2 Å². The molecule has 0 spiro atoms. The van der Waals surface area contributed by atoms with Crippen LogP contribution < -0.4 is 9.47 Å². The zero-order valence-electron chi connectivity index (χ0n) is 11.8. The molecule has 0 bridgehead atoms. The Labute approximate surface area is 125 Å². The predicted molar refractivity (Wildman–Crippen MR) is 77.3 cm³/mol. The van der Waals surface area contributed by atoms with Gasteiger partial charge in [0.1, 0.15) is 18.1 Å². The summed E-state index contributed by atoms with van der Waals surface area (Å²) in [7, 11) is 1.60. The molecule has 0 aliphatic carbocycles. The van der Waals surface area contributed by atoms with Crippen LogP contribution in [0.5, 0.6) is 11.5 Å². The van der Waals surface area contributed by atoms with Crippen molar-refractivity contribution >= 4 is 11.6 Å². The Morgan fingerprint density at radius 3 is 2.55 bits per heavy atom. The van der Waals surface area contributed by atoms with Crippen molar-refractivity contribution in [2.24, 2.45) is 0 Å². The molecule has 1 aromatic carbocycles. The molecule has 0 radical (unpaired) electrons. The first-order valence-electron chi connectivity index (χ1n) is 6.51.